The molecule has 4 rings (SSSR count). The van der Waals surface area contributed by atoms with Crippen molar-refractivity contribution in [3.05, 3.63) is 59.9 Å². The molecular weight excluding hydrogens is 354 g/mol. The lowest BCUT2D eigenvalue weighted by atomic mass is 9.93. The molecule has 1 aliphatic heterocycles. The van der Waals surface area contributed by atoms with Crippen LogP contribution in [0.15, 0.2) is 48.5 Å². The maximum absolute atomic E-state index is 12.0. The number of ether oxygens (including phenoxy) is 1. The molecule has 28 heavy (non-hydrogen) atoms. The summed E-state index contributed by atoms with van der Waals surface area (Å²) in [5.74, 6) is 1.29. The van der Waals surface area contributed by atoms with Gasteiger partial charge in [-0.2, -0.15) is 0 Å². The Morgan fingerprint density at radius 2 is 1.93 bits per heavy atom. The lowest BCUT2D eigenvalue weighted by Crippen LogP contribution is -2.40. The van der Waals surface area contributed by atoms with Gasteiger partial charge in [-0.15, -0.1) is 0 Å². The molecule has 0 saturated carbocycles. The largest absolute Gasteiger partial charge is 0.497 e. The van der Waals surface area contributed by atoms with Gasteiger partial charge in [0.15, 0.2) is 0 Å². The van der Waals surface area contributed by atoms with E-state index >= 15 is 0 Å². The molecule has 2 aromatic carbocycles. The molecule has 3 aromatic rings. The van der Waals surface area contributed by atoms with Gasteiger partial charge in [0, 0.05) is 13.0 Å². The van der Waals surface area contributed by atoms with Crippen LogP contribution in [0.4, 0.5) is 0 Å². The molecule has 1 aliphatic rings. The summed E-state index contributed by atoms with van der Waals surface area (Å²) in [5.41, 5.74) is 2.91. The van der Waals surface area contributed by atoms with E-state index in [9.17, 15) is 9.90 Å². The Kier molecular flexibility index (Phi) is 5.05. The number of hydrogen-bond acceptors (Lipinski definition) is 4. The molecule has 0 bridgehead atoms. The average Bonchev–Trinajstić information content (AvgIpc) is 3.05. The molecule has 1 saturated heterocycles. The van der Waals surface area contributed by atoms with E-state index in [1.807, 2.05) is 42.5 Å². The van der Waals surface area contributed by atoms with Crippen molar-refractivity contribution in [2.45, 2.75) is 24.8 Å². The van der Waals surface area contributed by atoms with E-state index in [1.165, 1.54) is 0 Å². The van der Waals surface area contributed by atoms with Gasteiger partial charge in [0.05, 0.1) is 18.1 Å². The van der Waals surface area contributed by atoms with Gasteiger partial charge in [0.25, 0.3) is 0 Å². The van der Waals surface area contributed by atoms with E-state index in [-0.39, 0.29) is 0 Å². The third-order valence-corrected chi connectivity index (χ3v) is 5.73. The number of imidazole rings is 1. The first-order valence-corrected chi connectivity index (χ1v) is 9.60. The van der Waals surface area contributed by atoms with Crippen LogP contribution in [-0.4, -0.2) is 45.7 Å². The topological polar surface area (TPSA) is 67.6 Å². The molecule has 6 nitrogen and oxygen atoms in total. The Labute approximate surface area is 164 Å². The third kappa shape index (κ3) is 3.36. The van der Waals surface area contributed by atoms with Crippen LogP contribution >= 0.6 is 0 Å². The standard InChI is InChI=1S/C22H25N3O3/c1-24-19-9-4-3-8-18(19)23-21(24)15-10-12-25(13-11-15)20(22(26)27)16-6-5-7-17(14-16)28-2/h3-9,14-15,20H,10-13H2,1-2H3,(H,26,27)/t20-/m1/s1. The van der Waals surface area contributed by atoms with Crippen LogP contribution in [0.25, 0.3) is 11.0 Å². The first kappa shape index (κ1) is 18.5. The van der Waals surface area contributed by atoms with Crippen molar-refractivity contribution in [3.63, 3.8) is 0 Å². The zero-order chi connectivity index (χ0) is 19.7. The molecule has 6 heteroatoms. The number of carbonyl (C=O) groups is 1. The number of nitrogens with zero attached hydrogens (tertiary/aromatic N) is 3. The normalized spacial score (nSPS) is 16.9. The zero-order valence-electron chi connectivity index (χ0n) is 16.2. The molecule has 1 N–H and O–H groups in total. The number of fused-ring (bicyclic) bond motifs is 1. The van der Waals surface area contributed by atoms with E-state index in [1.54, 1.807) is 7.11 Å². The Morgan fingerprint density at radius 1 is 1.18 bits per heavy atom. The highest BCUT2D eigenvalue weighted by atomic mass is 16.5. The van der Waals surface area contributed by atoms with Crippen molar-refractivity contribution < 1.29 is 14.6 Å². The summed E-state index contributed by atoms with van der Waals surface area (Å²) in [6.45, 7) is 1.45. The molecule has 0 radical (unpaired) electrons. The zero-order valence-corrected chi connectivity index (χ0v) is 16.2. The second kappa shape index (κ2) is 7.64. The number of benzene rings is 2. The van der Waals surface area contributed by atoms with Gasteiger partial charge < -0.3 is 14.4 Å². The molecule has 1 fully saturated rings. The number of carboxylic acids is 1. The molecule has 0 amide bonds. The van der Waals surface area contributed by atoms with E-state index in [0.29, 0.717) is 11.7 Å². The van der Waals surface area contributed by atoms with Gasteiger partial charge in [-0.25, -0.2) is 4.98 Å². The molecule has 0 aliphatic carbocycles. The van der Waals surface area contributed by atoms with Crippen LogP contribution in [0.2, 0.25) is 0 Å². The number of likely N-dealkylation sites (tertiary alicyclic amines) is 1. The lowest BCUT2D eigenvalue weighted by Gasteiger charge is -2.35. The molecular formula is C22H25N3O3. The fraction of sp³-hybridized carbons (Fsp3) is 0.364. The summed E-state index contributed by atoms with van der Waals surface area (Å²) in [5, 5.41) is 9.87. The SMILES string of the molecule is COc1cccc([C@H](C(=O)O)N2CCC(c3nc4ccccc4n3C)CC2)c1. The first-order chi connectivity index (χ1) is 13.6. The van der Waals surface area contributed by atoms with E-state index in [2.05, 4.69) is 22.6 Å². The van der Waals surface area contributed by atoms with Gasteiger partial charge in [-0.3, -0.25) is 9.69 Å². The molecule has 146 valence electrons. The van der Waals surface area contributed by atoms with Crippen molar-refractivity contribution in [1.29, 1.82) is 0 Å². The minimum Gasteiger partial charge on any atom is -0.497 e. The Morgan fingerprint density at radius 3 is 2.61 bits per heavy atom. The number of aliphatic carboxylic acids is 1. The number of piperidine rings is 1. The number of methoxy groups -OCH3 is 1. The minimum atomic E-state index is -0.825. The summed E-state index contributed by atoms with van der Waals surface area (Å²) in [6.07, 6.45) is 1.79. The van der Waals surface area contributed by atoms with Crippen LogP contribution in [-0.2, 0) is 11.8 Å². The summed E-state index contributed by atoms with van der Waals surface area (Å²) in [4.78, 5) is 18.9. The highest BCUT2D eigenvalue weighted by molar-refractivity contribution is 5.76. The number of rotatable bonds is 5. The van der Waals surface area contributed by atoms with Crippen LogP contribution in [0.1, 0.15) is 36.2 Å². The first-order valence-electron chi connectivity index (χ1n) is 9.60. The lowest BCUT2D eigenvalue weighted by molar-refractivity contribution is -0.144. The van der Waals surface area contributed by atoms with Gasteiger partial charge in [0.2, 0.25) is 0 Å². The highest BCUT2D eigenvalue weighted by Crippen LogP contribution is 2.34. The average molecular weight is 379 g/mol. The van der Waals surface area contributed by atoms with Crippen LogP contribution in [0, 0.1) is 0 Å². The Balaban J connectivity index is 1.53. The predicted molar refractivity (Wildman–Crippen MR) is 108 cm³/mol. The van der Waals surface area contributed by atoms with E-state index in [0.717, 1.165) is 48.4 Å². The third-order valence-electron chi connectivity index (χ3n) is 5.73. The summed E-state index contributed by atoms with van der Waals surface area (Å²) in [7, 11) is 3.66. The second-order valence-corrected chi connectivity index (χ2v) is 7.35. The molecule has 0 unspecified atom stereocenters. The van der Waals surface area contributed by atoms with E-state index < -0.39 is 12.0 Å². The van der Waals surface area contributed by atoms with Crippen molar-refractivity contribution >= 4 is 17.0 Å². The molecule has 1 aromatic heterocycles. The van der Waals surface area contributed by atoms with Gasteiger partial charge in [-0.05, 0) is 55.8 Å². The number of para-hydroxylation sites is 2. The summed E-state index contributed by atoms with van der Waals surface area (Å²) in [6, 6.07) is 14.9. The molecule has 2 heterocycles. The number of carboxylic acid groups (broad SMARTS) is 1. The van der Waals surface area contributed by atoms with Crippen LogP contribution < -0.4 is 4.74 Å². The summed E-state index contributed by atoms with van der Waals surface area (Å²) >= 11 is 0. The smallest absolute Gasteiger partial charge is 0.325 e. The van der Waals surface area contributed by atoms with Gasteiger partial charge in [0.1, 0.15) is 17.6 Å². The van der Waals surface area contributed by atoms with Crippen molar-refractivity contribution in [2.75, 3.05) is 20.2 Å². The Hall–Kier alpha value is -2.86. The maximum Gasteiger partial charge on any atom is 0.325 e. The monoisotopic (exact) mass is 379 g/mol. The van der Waals surface area contributed by atoms with Crippen molar-refractivity contribution in [2.24, 2.45) is 7.05 Å². The fourth-order valence-electron chi connectivity index (χ4n) is 4.27. The molecule has 1 atom stereocenters. The quantitative estimate of drug-likeness (QED) is 0.734. The number of aryl methyl sites for hydroxylation is 1. The maximum atomic E-state index is 12.0. The predicted octanol–water partition coefficient (Wildman–Crippen LogP) is 3.59. The minimum absolute atomic E-state index is 0.341. The number of hydrogen-bond donors (Lipinski definition) is 1. The van der Waals surface area contributed by atoms with E-state index in [4.69, 9.17) is 9.72 Å². The molecule has 0 spiro atoms. The highest BCUT2D eigenvalue weighted by Gasteiger charge is 2.33. The fourth-order valence-corrected chi connectivity index (χ4v) is 4.27. The summed E-state index contributed by atoms with van der Waals surface area (Å²) < 4.78 is 7.44. The second-order valence-electron chi connectivity index (χ2n) is 7.35. The Bertz CT molecular complexity index is 990. The van der Waals surface area contributed by atoms with Crippen LogP contribution in [0.3, 0.4) is 0 Å². The van der Waals surface area contributed by atoms with Gasteiger partial charge >= 0.3 is 5.97 Å². The van der Waals surface area contributed by atoms with Crippen LogP contribution in [0.5, 0.6) is 5.75 Å². The van der Waals surface area contributed by atoms with Gasteiger partial charge in [-0.1, -0.05) is 24.3 Å². The number of aromatic nitrogens is 2. The van der Waals surface area contributed by atoms with Crippen molar-refractivity contribution in [3.8, 4) is 5.75 Å². The van der Waals surface area contributed by atoms with Crippen molar-refractivity contribution in [1.82, 2.24) is 14.5 Å².